The van der Waals surface area contributed by atoms with Gasteiger partial charge in [0, 0.05) is 64.3 Å². The summed E-state index contributed by atoms with van der Waals surface area (Å²) in [7, 11) is 4.15. The van der Waals surface area contributed by atoms with Gasteiger partial charge in [-0.3, -0.25) is 4.68 Å². The summed E-state index contributed by atoms with van der Waals surface area (Å²) in [4.78, 5) is 13.2. The lowest BCUT2D eigenvalue weighted by Gasteiger charge is -2.37. The summed E-state index contributed by atoms with van der Waals surface area (Å²) in [6.45, 7) is 3.42. The number of aromatic nitrogens is 4. The van der Waals surface area contributed by atoms with Crippen molar-refractivity contribution in [1.82, 2.24) is 24.6 Å². The predicted molar refractivity (Wildman–Crippen MR) is 86.8 cm³/mol. The highest BCUT2D eigenvalue weighted by Crippen LogP contribution is 2.20. The molecule has 3 heterocycles. The highest BCUT2D eigenvalue weighted by molar-refractivity contribution is 5.36. The van der Waals surface area contributed by atoms with E-state index in [0.717, 1.165) is 31.9 Å². The summed E-state index contributed by atoms with van der Waals surface area (Å²) >= 11 is 0. The summed E-state index contributed by atoms with van der Waals surface area (Å²) in [5, 5.41) is 4.23. The Morgan fingerprint density at radius 3 is 2.68 bits per heavy atom. The van der Waals surface area contributed by atoms with Crippen LogP contribution >= 0.6 is 0 Å². The fraction of sp³-hybridized carbons (Fsp3) is 0.562. The Hall–Kier alpha value is -1.95. The highest BCUT2D eigenvalue weighted by atomic mass is 15.3. The van der Waals surface area contributed by atoms with Crippen molar-refractivity contribution < 1.29 is 0 Å². The lowest BCUT2D eigenvalue weighted by atomic mass is 10.0. The van der Waals surface area contributed by atoms with Crippen molar-refractivity contribution >= 4 is 5.82 Å². The number of piperidine rings is 1. The van der Waals surface area contributed by atoms with E-state index < -0.39 is 0 Å². The highest BCUT2D eigenvalue weighted by Gasteiger charge is 2.23. The van der Waals surface area contributed by atoms with Gasteiger partial charge in [-0.15, -0.1) is 0 Å². The summed E-state index contributed by atoms with van der Waals surface area (Å²) in [6, 6.07) is 4.66. The van der Waals surface area contributed by atoms with E-state index in [4.69, 9.17) is 0 Å². The van der Waals surface area contributed by atoms with Gasteiger partial charge in [0.15, 0.2) is 0 Å². The third kappa shape index (κ3) is 3.44. The number of aryl methyl sites for hydroxylation is 1. The smallest absolute Gasteiger partial charge is 0.131 e. The van der Waals surface area contributed by atoms with Crippen LogP contribution in [0.1, 0.15) is 18.5 Å². The number of rotatable bonds is 5. The number of hydrogen-bond acceptors (Lipinski definition) is 5. The Bertz CT molecular complexity index is 573. The molecule has 0 spiro atoms. The second-order valence-electron chi connectivity index (χ2n) is 5.95. The number of hydrogen-bond donors (Lipinski definition) is 0. The fourth-order valence-corrected chi connectivity index (χ4v) is 3.13. The largest absolute Gasteiger partial charge is 0.356 e. The zero-order valence-corrected chi connectivity index (χ0v) is 13.4. The number of nitrogens with zero attached hydrogens (tertiary/aromatic N) is 6. The maximum atomic E-state index is 4.34. The Morgan fingerprint density at radius 1 is 1.23 bits per heavy atom. The molecule has 1 aliphatic heterocycles. The molecule has 1 fully saturated rings. The average molecular weight is 300 g/mol. The monoisotopic (exact) mass is 300 g/mol. The third-order valence-electron chi connectivity index (χ3n) is 4.64. The molecule has 0 aliphatic carbocycles. The molecule has 118 valence electrons. The van der Waals surface area contributed by atoms with Gasteiger partial charge in [0.25, 0.3) is 0 Å². The van der Waals surface area contributed by atoms with E-state index in [-0.39, 0.29) is 0 Å². The van der Waals surface area contributed by atoms with E-state index in [2.05, 4.69) is 38.0 Å². The van der Waals surface area contributed by atoms with Crippen molar-refractivity contribution in [3.8, 4) is 0 Å². The van der Waals surface area contributed by atoms with Gasteiger partial charge >= 0.3 is 0 Å². The first-order chi connectivity index (χ1) is 10.7. The Kier molecular flexibility index (Phi) is 4.68. The second kappa shape index (κ2) is 6.87. The summed E-state index contributed by atoms with van der Waals surface area (Å²) < 4.78 is 1.97. The van der Waals surface area contributed by atoms with Gasteiger partial charge in [-0.1, -0.05) is 0 Å². The van der Waals surface area contributed by atoms with Gasteiger partial charge in [-0.2, -0.15) is 5.10 Å². The molecule has 2 aromatic rings. The van der Waals surface area contributed by atoms with Crippen LogP contribution in [0.2, 0.25) is 0 Å². The summed E-state index contributed by atoms with van der Waals surface area (Å²) in [5.41, 5.74) is 1.31. The maximum absolute atomic E-state index is 4.34. The first kappa shape index (κ1) is 15.0. The van der Waals surface area contributed by atoms with Gasteiger partial charge < -0.3 is 9.80 Å². The van der Waals surface area contributed by atoms with E-state index in [1.54, 1.807) is 6.33 Å². The molecular formula is C16H24N6. The molecule has 6 heteroatoms. The Morgan fingerprint density at radius 2 is 2.05 bits per heavy atom. The third-order valence-corrected chi connectivity index (χ3v) is 4.64. The zero-order valence-electron chi connectivity index (χ0n) is 13.4. The predicted octanol–water partition coefficient (Wildman–Crippen LogP) is 1.35. The summed E-state index contributed by atoms with van der Waals surface area (Å²) in [5.74, 6) is 1.02. The van der Waals surface area contributed by atoms with Crippen LogP contribution in [0.15, 0.2) is 30.9 Å². The van der Waals surface area contributed by atoms with Crippen LogP contribution in [0.4, 0.5) is 5.82 Å². The summed E-state index contributed by atoms with van der Waals surface area (Å²) in [6.07, 6.45) is 8.75. The molecule has 0 aromatic carbocycles. The molecule has 0 unspecified atom stereocenters. The molecule has 0 N–H and O–H groups in total. The van der Waals surface area contributed by atoms with E-state index in [1.165, 1.54) is 18.5 Å². The Labute approximate surface area is 131 Å². The molecule has 6 nitrogen and oxygen atoms in total. The van der Waals surface area contributed by atoms with Crippen LogP contribution in [0.25, 0.3) is 0 Å². The van der Waals surface area contributed by atoms with Gasteiger partial charge in [-0.05, 0) is 25.0 Å². The zero-order chi connectivity index (χ0) is 15.4. The minimum Gasteiger partial charge on any atom is -0.356 e. The van der Waals surface area contributed by atoms with Crippen molar-refractivity contribution in [3.63, 3.8) is 0 Å². The second-order valence-corrected chi connectivity index (χ2v) is 5.95. The van der Waals surface area contributed by atoms with E-state index in [9.17, 15) is 0 Å². The Balaban J connectivity index is 1.47. The van der Waals surface area contributed by atoms with E-state index in [1.807, 2.05) is 30.2 Å². The van der Waals surface area contributed by atoms with Crippen LogP contribution in [0.3, 0.4) is 0 Å². The SMILES string of the molecule is CN(c1ccncn1)C1CCN(CCc2ccnn2C)CC1. The molecule has 2 aromatic heterocycles. The molecule has 1 saturated heterocycles. The van der Waals surface area contributed by atoms with Crippen molar-refractivity contribution in [2.75, 3.05) is 31.6 Å². The van der Waals surface area contributed by atoms with Gasteiger partial charge in [0.05, 0.1) is 0 Å². The van der Waals surface area contributed by atoms with Crippen LogP contribution in [-0.2, 0) is 13.5 Å². The molecular weight excluding hydrogens is 276 g/mol. The lowest BCUT2D eigenvalue weighted by Crippen LogP contribution is -2.44. The minimum atomic E-state index is 0.572. The maximum Gasteiger partial charge on any atom is 0.131 e. The molecule has 0 saturated carbocycles. The van der Waals surface area contributed by atoms with Crippen molar-refractivity contribution in [2.24, 2.45) is 7.05 Å². The van der Waals surface area contributed by atoms with E-state index >= 15 is 0 Å². The number of anilines is 1. The molecule has 22 heavy (non-hydrogen) atoms. The van der Waals surface area contributed by atoms with Crippen molar-refractivity contribution in [2.45, 2.75) is 25.3 Å². The van der Waals surface area contributed by atoms with E-state index in [0.29, 0.717) is 6.04 Å². The lowest BCUT2D eigenvalue weighted by molar-refractivity contribution is 0.212. The van der Waals surface area contributed by atoms with Gasteiger partial charge in [0.2, 0.25) is 0 Å². The van der Waals surface area contributed by atoms with Crippen LogP contribution in [-0.4, -0.2) is 57.4 Å². The topological polar surface area (TPSA) is 50.1 Å². The quantitative estimate of drug-likeness (QED) is 0.834. The fourth-order valence-electron chi connectivity index (χ4n) is 3.13. The average Bonchev–Trinajstić information content (AvgIpc) is 2.99. The molecule has 0 bridgehead atoms. The first-order valence-corrected chi connectivity index (χ1v) is 7.92. The van der Waals surface area contributed by atoms with Crippen LogP contribution in [0, 0.1) is 0 Å². The molecule has 1 aliphatic rings. The molecule has 0 atom stereocenters. The van der Waals surface area contributed by atoms with Gasteiger partial charge in [0.1, 0.15) is 12.1 Å². The number of likely N-dealkylation sites (tertiary alicyclic amines) is 1. The minimum absolute atomic E-state index is 0.572. The van der Waals surface area contributed by atoms with Crippen LogP contribution < -0.4 is 4.90 Å². The molecule has 3 rings (SSSR count). The first-order valence-electron chi connectivity index (χ1n) is 7.92. The standard InChI is InChI=1S/C16H24N6/c1-20(16-4-8-17-13-18-16)14-5-10-22(11-6-14)12-7-15-3-9-19-21(15)2/h3-4,8-9,13-14H,5-7,10-12H2,1-2H3. The van der Waals surface area contributed by atoms with Crippen LogP contribution in [0.5, 0.6) is 0 Å². The molecule has 0 radical (unpaired) electrons. The normalized spacial score (nSPS) is 16.8. The van der Waals surface area contributed by atoms with Crippen molar-refractivity contribution in [1.29, 1.82) is 0 Å². The molecule has 0 amide bonds. The van der Waals surface area contributed by atoms with Gasteiger partial charge in [-0.25, -0.2) is 9.97 Å². The van der Waals surface area contributed by atoms with Crippen molar-refractivity contribution in [3.05, 3.63) is 36.5 Å².